The van der Waals surface area contributed by atoms with Crippen molar-refractivity contribution in [3.8, 4) is 11.3 Å². The van der Waals surface area contributed by atoms with Gasteiger partial charge in [0.2, 0.25) is 5.91 Å². The van der Waals surface area contributed by atoms with E-state index >= 15 is 0 Å². The van der Waals surface area contributed by atoms with Gasteiger partial charge in [-0.3, -0.25) is 9.20 Å². The Hall–Kier alpha value is -3.47. The van der Waals surface area contributed by atoms with Gasteiger partial charge in [-0.05, 0) is 48.4 Å². The van der Waals surface area contributed by atoms with Crippen LogP contribution in [0.5, 0.6) is 0 Å². The van der Waals surface area contributed by atoms with Gasteiger partial charge >= 0.3 is 0 Å². The highest BCUT2D eigenvalue weighted by Crippen LogP contribution is 2.29. The van der Waals surface area contributed by atoms with Gasteiger partial charge in [0.25, 0.3) is 0 Å². The summed E-state index contributed by atoms with van der Waals surface area (Å²) in [6.07, 6.45) is 2.21. The number of fused-ring (bicyclic) bond motifs is 1. The molecule has 1 N–H and O–H groups in total. The van der Waals surface area contributed by atoms with Crippen molar-refractivity contribution >= 4 is 17.4 Å². The Balaban J connectivity index is 1.74. The fourth-order valence-corrected chi connectivity index (χ4v) is 3.08. The standard InChI is InChI=1S/C22H18FN3O/c1-15-7-12-19-24-22(25-20(27)13-16-5-3-2-4-6-16)21(26(19)14-15)17-8-10-18(23)11-9-17/h2-12,14H,13H2,1H3,(H,25,27). The zero-order valence-electron chi connectivity index (χ0n) is 14.8. The van der Waals surface area contributed by atoms with Gasteiger partial charge in [-0.2, -0.15) is 0 Å². The number of nitrogens with zero attached hydrogens (tertiary/aromatic N) is 2. The third kappa shape index (κ3) is 3.58. The smallest absolute Gasteiger partial charge is 0.230 e. The minimum atomic E-state index is -0.307. The molecular weight excluding hydrogens is 341 g/mol. The van der Waals surface area contributed by atoms with E-state index in [9.17, 15) is 9.18 Å². The number of halogens is 1. The Morgan fingerprint density at radius 3 is 2.52 bits per heavy atom. The van der Waals surface area contributed by atoms with Crippen LogP contribution in [-0.2, 0) is 11.2 Å². The number of pyridine rings is 1. The number of anilines is 1. The number of rotatable bonds is 4. The van der Waals surface area contributed by atoms with E-state index in [-0.39, 0.29) is 18.1 Å². The first-order valence-corrected chi connectivity index (χ1v) is 8.68. The number of aryl methyl sites for hydroxylation is 1. The number of amides is 1. The fourth-order valence-electron chi connectivity index (χ4n) is 3.08. The number of aromatic nitrogens is 2. The van der Waals surface area contributed by atoms with Crippen molar-refractivity contribution in [3.63, 3.8) is 0 Å². The largest absolute Gasteiger partial charge is 0.309 e. The summed E-state index contributed by atoms with van der Waals surface area (Å²) in [5, 5.41) is 2.92. The second kappa shape index (κ2) is 7.03. The van der Waals surface area contributed by atoms with E-state index in [1.165, 1.54) is 12.1 Å². The number of hydrogen-bond acceptors (Lipinski definition) is 2. The number of carbonyl (C=O) groups is 1. The van der Waals surface area contributed by atoms with Crippen molar-refractivity contribution in [2.75, 3.05) is 5.32 Å². The van der Waals surface area contributed by atoms with Crippen LogP contribution in [0.4, 0.5) is 10.2 Å². The monoisotopic (exact) mass is 359 g/mol. The van der Waals surface area contributed by atoms with Gasteiger partial charge in [0.15, 0.2) is 5.82 Å². The van der Waals surface area contributed by atoms with Crippen LogP contribution in [0, 0.1) is 12.7 Å². The van der Waals surface area contributed by atoms with Crippen LogP contribution in [0.25, 0.3) is 16.9 Å². The van der Waals surface area contributed by atoms with Crippen molar-refractivity contribution in [2.24, 2.45) is 0 Å². The lowest BCUT2D eigenvalue weighted by Crippen LogP contribution is -2.15. The van der Waals surface area contributed by atoms with Crippen LogP contribution in [0.1, 0.15) is 11.1 Å². The quantitative estimate of drug-likeness (QED) is 0.577. The van der Waals surface area contributed by atoms with Crippen molar-refractivity contribution < 1.29 is 9.18 Å². The van der Waals surface area contributed by atoms with Gasteiger partial charge in [0, 0.05) is 11.8 Å². The number of carbonyl (C=O) groups excluding carboxylic acids is 1. The summed E-state index contributed by atoms with van der Waals surface area (Å²) < 4.78 is 15.3. The van der Waals surface area contributed by atoms with E-state index in [4.69, 9.17) is 0 Å². The highest BCUT2D eigenvalue weighted by molar-refractivity contribution is 5.95. The van der Waals surface area contributed by atoms with Crippen LogP contribution < -0.4 is 5.32 Å². The predicted molar refractivity (Wildman–Crippen MR) is 104 cm³/mol. The molecule has 0 unspecified atom stereocenters. The van der Waals surface area contributed by atoms with Crippen LogP contribution in [0.2, 0.25) is 0 Å². The Kier molecular flexibility index (Phi) is 4.42. The summed E-state index contributed by atoms with van der Waals surface area (Å²) in [5.41, 5.74) is 4.22. The third-order valence-electron chi connectivity index (χ3n) is 4.35. The number of benzene rings is 2. The average molecular weight is 359 g/mol. The second-order valence-corrected chi connectivity index (χ2v) is 6.46. The summed E-state index contributed by atoms with van der Waals surface area (Å²) >= 11 is 0. The molecule has 0 saturated heterocycles. The molecule has 4 nitrogen and oxygen atoms in total. The lowest BCUT2D eigenvalue weighted by molar-refractivity contribution is -0.115. The van der Waals surface area contributed by atoms with Crippen molar-refractivity contribution in [1.82, 2.24) is 9.38 Å². The number of hydrogen-bond donors (Lipinski definition) is 1. The Bertz CT molecular complexity index is 1100. The summed E-state index contributed by atoms with van der Waals surface area (Å²) in [4.78, 5) is 17.1. The maximum absolute atomic E-state index is 13.4. The van der Waals surface area contributed by atoms with E-state index in [0.717, 1.165) is 28.0 Å². The molecule has 27 heavy (non-hydrogen) atoms. The van der Waals surface area contributed by atoms with Gasteiger partial charge in [-0.25, -0.2) is 9.37 Å². The number of nitrogens with one attached hydrogen (secondary N) is 1. The fraction of sp³-hybridized carbons (Fsp3) is 0.0909. The first-order chi connectivity index (χ1) is 13.1. The maximum Gasteiger partial charge on any atom is 0.230 e. The Morgan fingerprint density at radius 1 is 1.04 bits per heavy atom. The Labute approximate surface area is 156 Å². The van der Waals surface area contributed by atoms with E-state index in [1.807, 2.05) is 60.0 Å². The first kappa shape index (κ1) is 17.0. The minimum Gasteiger partial charge on any atom is -0.309 e. The molecule has 4 aromatic rings. The molecule has 0 bridgehead atoms. The van der Waals surface area contributed by atoms with Gasteiger partial charge in [-0.15, -0.1) is 0 Å². The molecule has 5 heteroatoms. The van der Waals surface area contributed by atoms with Gasteiger partial charge < -0.3 is 5.32 Å². The summed E-state index contributed by atoms with van der Waals surface area (Å²) in [6, 6.07) is 19.6. The summed E-state index contributed by atoms with van der Waals surface area (Å²) in [7, 11) is 0. The molecule has 0 saturated carbocycles. The van der Waals surface area contributed by atoms with E-state index in [2.05, 4.69) is 10.3 Å². The molecule has 2 aromatic heterocycles. The lowest BCUT2D eigenvalue weighted by atomic mass is 10.1. The molecule has 0 fully saturated rings. The van der Waals surface area contributed by atoms with Crippen molar-refractivity contribution in [3.05, 3.63) is 89.9 Å². The molecule has 2 heterocycles. The highest BCUT2D eigenvalue weighted by Gasteiger charge is 2.17. The molecule has 0 spiro atoms. The number of imidazole rings is 1. The molecule has 0 aliphatic carbocycles. The predicted octanol–water partition coefficient (Wildman–Crippen LogP) is 4.63. The Morgan fingerprint density at radius 2 is 1.78 bits per heavy atom. The zero-order chi connectivity index (χ0) is 18.8. The zero-order valence-corrected chi connectivity index (χ0v) is 14.8. The molecule has 0 aliphatic heterocycles. The molecule has 0 radical (unpaired) electrons. The third-order valence-corrected chi connectivity index (χ3v) is 4.35. The van der Waals surface area contributed by atoms with Gasteiger partial charge in [0.05, 0.1) is 12.1 Å². The SMILES string of the molecule is Cc1ccc2nc(NC(=O)Cc3ccccc3)c(-c3ccc(F)cc3)n2c1. The molecule has 0 aliphatic rings. The van der Waals surface area contributed by atoms with Gasteiger partial charge in [-0.1, -0.05) is 36.4 Å². The maximum atomic E-state index is 13.4. The van der Waals surface area contributed by atoms with Crippen molar-refractivity contribution in [1.29, 1.82) is 0 Å². The van der Waals surface area contributed by atoms with Gasteiger partial charge in [0.1, 0.15) is 11.5 Å². The highest BCUT2D eigenvalue weighted by atomic mass is 19.1. The van der Waals surface area contributed by atoms with Crippen LogP contribution in [0.15, 0.2) is 72.9 Å². The topological polar surface area (TPSA) is 46.4 Å². The molecular formula is C22H18FN3O. The van der Waals surface area contributed by atoms with Crippen LogP contribution in [0.3, 0.4) is 0 Å². The molecule has 1 amide bonds. The second-order valence-electron chi connectivity index (χ2n) is 6.46. The average Bonchev–Trinajstić information content (AvgIpc) is 3.00. The molecule has 4 rings (SSSR count). The van der Waals surface area contributed by atoms with Crippen LogP contribution in [-0.4, -0.2) is 15.3 Å². The van der Waals surface area contributed by atoms with Crippen molar-refractivity contribution in [2.45, 2.75) is 13.3 Å². The molecule has 0 atom stereocenters. The first-order valence-electron chi connectivity index (χ1n) is 8.68. The minimum absolute atomic E-state index is 0.148. The lowest BCUT2D eigenvalue weighted by Gasteiger charge is -2.08. The molecule has 134 valence electrons. The summed E-state index contributed by atoms with van der Waals surface area (Å²) in [5.74, 6) is 0.0104. The van der Waals surface area contributed by atoms with E-state index in [1.54, 1.807) is 12.1 Å². The van der Waals surface area contributed by atoms with E-state index < -0.39 is 0 Å². The summed E-state index contributed by atoms with van der Waals surface area (Å²) in [6.45, 7) is 1.99. The normalized spacial score (nSPS) is 10.9. The molecule has 2 aromatic carbocycles. The van der Waals surface area contributed by atoms with E-state index in [0.29, 0.717) is 5.82 Å². The van der Waals surface area contributed by atoms with Crippen LogP contribution >= 0.6 is 0 Å².